The van der Waals surface area contributed by atoms with Crippen LogP contribution in [0.5, 0.6) is 0 Å². The third-order valence-corrected chi connectivity index (χ3v) is 10.2. The lowest BCUT2D eigenvalue weighted by molar-refractivity contribution is -0.141. The Morgan fingerprint density at radius 2 is 1.71 bits per heavy atom. The normalized spacial score (nSPS) is 27.3. The maximum Gasteiger partial charge on any atom is 0.315 e. The Hall–Kier alpha value is -2.49. The van der Waals surface area contributed by atoms with Gasteiger partial charge in [0.15, 0.2) is 0 Å². The molecule has 2 aliphatic carbocycles. The van der Waals surface area contributed by atoms with Crippen molar-refractivity contribution in [2.45, 2.75) is 81.5 Å². The lowest BCUT2D eigenvalue weighted by atomic mass is 10.0. The van der Waals surface area contributed by atoms with E-state index in [0.717, 1.165) is 50.7 Å². The van der Waals surface area contributed by atoms with Gasteiger partial charge in [0.1, 0.15) is 0 Å². The molecule has 3 fully saturated rings. The summed E-state index contributed by atoms with van der Waals surface area (Å²) < 4.78 is 11.3. The van der Waals surface area contributed by atoms with E-state index in [1.807, 2.05) is 11.8 Å². The number of urea groups is 1. The molecule has 1 saturated carbocycles. The van der Waals surface area contributed by atoms with Crippen molar-refractivity contribution in [1.29, 1.82) is 0 Å². The quantitative estimate of drug-likeness (QED) is 0.0993. The van der Waals surface area contributed by atoms with E-state index in [1.165, 1.54) is 0 Å². The zero-order chi connectivity index (χ0) is 29.7. The van der Waals surface area contributed by atoms with Gasteiger partial charge < -0.3 is 35.4 Å². The summed E-state index contributed by atoms with van der Waals surface area (Å²) in [5, 5.41) is 18.2. The minimum atomic E-state index is -0.964. The van der Waals surface area contributed by atoms with Crippen molar-refractivity contribution in [3.05, 3.63) is 0 Å². The van der Waals surface area contributed by atoms with Crippen molar-refractivity contribution in [3.63, 3.8) is 0 Å². The second-order valence-electron chi connectivity index (χ2n) is 11.6. The van der Waals surface area contributed by atoms with Crippen molar-refractivity contribution in [2.24, 2.45) is 17.8 Å². The van der Waals surface area contributed by atoms with E-state index in [0.29, 0.717) is 75.5 Å². The van der Waals surface area contributed by atoms with Gasteiger partial charge in [-0.1, -0.05) is 6.42 Å². The SMILES string of the molecule is O=C(O)CCC(=O)N(CCOCCOCCNC(=O)CCCC[C@@H]1SC[C@@H]2NC(=O)N[C@@H]21)CC1[C@H]2CCC#CCC[C@@H]12. The van der Waals surface area contributed by atoms with Crippen molar-refractivity contribution >= 4 is 35.6 Å². The van der Waals surface area contributed by atoms with Crippen LogP contribution >= 0.6 is 11.8 Å². The number of thioether (sulfide) groups is 1. The van der Waals surface area contributed by atoms with Crippen LogP contribution in [0.4, 0.5) is 4.79 Å². The number of carbonyl (C=O) groups excluding carboxylic acids is 3. The minimum absolute atomic E-state index is 0.00710. The molecule has 0 radical (unpaired) electrons. The maximum absolute atomic E-state index is 12.7. The Morgan fingerprint density at radius 3 is 2.45 bits per heavy atom. The van der Waals surface area contributed by atoms with E-state index >= 15 is 0 Å². The highest BCUT2D eigenvalue weighted by Crippen LogP contribution is 2.52. The molecule has 4 aliphatic rings. The predicted molar refractivity (Wildman–Crippen MR) is 159 cm³/mol. The van der Waals surface area contributed by atoms with Gasteiger partial charge in [-0.3, -0.25) is 14.4 Å². The van der Waals surface area contributed by atoms with E-state index < -0.39 is 5.97 Å². The average molecular weight is 607 g/mol. The summed E-state index contributed by atoms with van der Waals surface area (Å²) in [7, 11) is 0. The second-order valence-corrected chi connectivity index (χ2v) is 12.9. The molecule has 1 unspecified atom stereocenters. The van der Waals surface area contributed by atoms with Gasteiger partial charge >= 0.3 is 12.0 Å². The largest absolute Gasteiger partial charge is 0.481 e. The molecule has 42 heavy (non-hydrogen) atoms. The van der Waals surface area contributed by atoms with Crippen LogP contribution in [0.1, 0.15) is 64.2 Å². The molecular weight excluding hydrogens is 560 g/mol. The molecule has 0 bridgehead atoms. The number of hydrogen-bond acceptors (Lipinski definition) is 7. The fourth-order valence-electron chi connectivity index (χ4n) is 6.37. The minimum Gasteiger partial charge on any atom is -0.481 e. The Kier molecular flexibility index (Phi) is 13.1. The number of carboxylic acid groups (broad SMARTS) is 1. The third-order valence-electron chi connectivity index (χ3n) is 8.70. The summed E-state index contributed by atoms with van der Waals surface area (Å²) in [4.78, 5) is 49.1. The molecule has 6 atom stereocenters. The zero-order valence-electron chi connectivity index (χ0n) is 24.4. The lowest BCUT2D eigenvalue weighted by Gasteiger charge is -2.23. The Labute approximate surface area is 252 Å². The molecule has 11 nitrogen and oxygen atoms in total. The van der Waals surface area contributed by atoms with Gasteiger partial charge in [-0.25, -0.2) is 4.79 Å². The lowest BCUT2D eigenvalue weighted by Crippen LogP contribution is -2.36. The number of amides is 4. The highest BCUT2D eigenvalue weighted by atomic mass is 32.2. The molecule has 2 saturated heterocycles. The standard InChI is InChI=1S/C30H46N4O7S/c35-26(10-6-5-9-25-29-24(20-42-25)32-30(39)33-29)31-13-15-40-17-18-41-16-14-34(27(36)11-12-28(37)38)19-23-21-7-3-1-2-4-8-22(21)23/h21-25,29H,3-20H2,(H,31,35)(H,37,38)(H2,32,33,39)/t21-,22+,23?,24-,25-,29-/m0/s1. The molecule has 0 aromatic rings. The van der Waals surface area contributed by atoms with Crippen molar-refractivity contribution < 1.29 is 33.8 Å². The van der Waals surface area contributed by atoms with Crippen LogP contribution in [0.25, 0.3) is 0 Å². The molecule has 0 spiro atoms. The molecular formula is C30H46N4O7S. The van der Waals surface area contributed by atoms with Crippen molar-refractivity contribution in [2.75, 3.05) is 51.8 Å². The number of hydrogen-bond donors (Lipinski definition) is 4. The molecule has 234 valence electrons. The van der Waals surface area contributed by atoms with E-state index in [2.05, 4.69) is 27.8 Å². The third kappa shape index (κ3) is 10.3. The molecule has 4 rings (SSSR count). The highest BCUT2D eigenvalue weighted by Gasteiger charge is 2.49. The van der Waals surface area contributed by atoms with E-state index in [9.17, 15) is 19.2 Å². The van der Waals surface area contributed by atoms with Gasteiger partial charge in [-0.05, 0) is 43.4 Å². The number of nitrogens with zero attached hydrogens (tertiary/aromatic N) is 1. The molecule has 0 aromatic heterocycles. The summed E-state index contributed by atoms with van der Waals surface area (Å²) in [6.07, 6.45) is 7.09. The monoisotopic (exact) mass is 606 g/mol. The van der Waals surface area contributed by atoms with Gasteiger partial charge in [0.2, 0.25) is 11.8 Å². The zero-order valence-corrected chi connectivity index (χ0v) is 25.3. The summed E-state index contributed by atoms with van der Waals surface area (Å²) in [6.45, 7) is 3.08. The number of aliphatic carboxylic acids is 1. The number of carbonyl (C=O) groups is 4. The first-order valence-electron chi connectivity index (χ1n) is 15.5. The van der Waals surface area contributed by atoms with Gasteiger partial charge in [-0.15, -0.1) is 11.8 Å². The predicted octanol–water partition coefficient (Wildman–Crippen LogP) is 1.99. The smallest absolute Gasteiger partial charge is 0.315 e. The topological polar surface area (TPSA) is 146 Å². The second kappa shape index (κ2) is 17.0. The number of ether oxygens (including phenoxy) is 2. The number of nitrogens with one attached hydrogen (secondary N) is 3. The molecule has 4 amide bonds. The maximum atomic E-state index is 12.7. The summed E-state index contributed by atoms with van der Waals surface area (Å²) >= 11 is 1.89. The summed E-state index contributed by atoms with van der Waals surface area (Å²) in [6, 6.07) is 0.373. The van der Waals surface area contributed by atoms with Crippen LogP contribution in [0, 0.1) is 29.6 Å². The van der Waals surface area contributed by atoms with Gasteiger partial charge in [0.05, 0.1) is 44.9 Å². The Balaban J connectivity index is 1.00. The fourth-order valence-corrected chi connectivity index (χ4v) is 7.92. The Bertz CT molecular complexity index is 984. The van der Waals surface area contributed by atoms with E-state index in [-0.39, 0.29) is 42.8 Å². The van der Waals surface area contributed by atoms with Crippen LogP contribution in [0.3, 0.4) is 0 Å². The summed E-state index contributed by atoms with van der Waals surface area (Å²) in [5.74, 6) is 7.99. The van der Waals surface area contributed by atoms with E-state index in [1.54, 1.807) is 4.90 Å². The van der Waals surface area contributed by atoms with Gasteiger partial charge in [-0.2, -0.15) is 11.8 Å². The first-order valence-corrected chi connectivity index (χ1v) is 16.5. The van der Waals surface area contributed by atoms with Crippen LogP contribution < -0.4 is 16.0 Å². The molecule has 2 aliphatic heterocycles. The first-order chi connectivity index (χ1) is 20.4. The van der Waals surface area contributed by atoms with Gasteiger partial charge in [0.25, 0.3) is 0 Å². The highest BCUT2D eigenvalue weighted by molar-refractivity contribution is 8.00. The first kappa shape index (κ1) is 32.4. The van der Waals surface area contributed by atoms with Crippen molar-refractivity contribution in [1.82, 2.24) is 20.9 Å². The average Bonchev–Trinajstić information content (AvgIpc) is 3.21. The number of fused-ring (bicyclic) bond motifs is 2. The molecule has 4 N–H and O–H groups in total. The van der Waals surface area contributed by atoms with Crippen molar-refractivity contribution in [3.8, 4) is 11.8 Å². The van der Waals surface area contributed by atoms with Crippen LogP contribution in [0.2, 0.25) is 0 Å². The number of rotatable bonds is 19. The van der Waals surface area contributed by atoms with Crippen LogP contribution in [-0.4, -0.2) is 103 Å². The molecule has 0 aromatic carbocycles. The van der Waals surface area contributed by atoms with E-state index in [4.69, 9.17) is 14.6 Å². The Morgan fingerprint density at radius 1 is 0.976 bits per heavy atom. The van der Waals surface area contributed by atoms with Crippen LogP contribution in [-0.2, 0) is 23.9 Å². The van der Waals surface area contributed by atoms with Crippen LogP contribution in [0.15, 0.2) is 0 Å². The fraction of sp³-hybridized carbons (Fsp3) is 0.800. The molecule has 12 heteroatoms. The number of unbranched alkanes of at least 4 members (excludes halogenated alkanes) is 1. The molecule has 2 heterocycles. The van der Waals surface area contributed by atoms with Gasteiger partial charge in [0, 0.05) is 56.3 Å². The number of carboxylic acids is 1. The summed E-state index contributed by atoms with van der Waals surface area (Å²) in [5.41, 5.74) is 0.